The summed E-state index contributed by atoms with van der Waals surface area (Å²) in [6.45, 7) is 3.64. The van der Waals surface area contributed by atoms with E-state index in [0.717, 1.165) is 17.0 Å². The third-order valence-electron chi connectivity index (χ3n) is 3.07. The summed E-state index contributed by atoms with van der Waals surface area (Å²) in [7, 11) is -3.52. The Morgan fingerprint density at radius 3 is 2.41 bits per heavy atom. The lowest BCUT2D eigenvalue weighted by atomic mass is 10.1. The molecule has 0 saturated carbocycles. The number of nitrogens with zero attached hydrogens (tertiary/aromatic N) is 1. The van der Waals surface area contributed by atoms with Gasteiger partial charge in [0, 0.05) is 18.2 Å². The minimum absolute atomic E-state index is 0.291. The fourth-order valence-electron chi connectivity index (χ4n) is 2.11. The predicted octanol–water partition coefficient (Wildman–Crippen LogP) is 3.82. The van der Waals surface area contributed by atoms with Crippen molar-refractivity contribution < 1.29 is 12.8 Å². The van der Waals surface area contributed by atoms with Gasteiger partial charge in [-0.3, -0.25) is 4.72 Å². The number of sulfonamides is 1. The van der Waals surface area contributed by atoms with E-state index in [4.69, 9.17) is 4.42 Å². The Bertz CT molecular complexity index is 880. The first-order chi connectivity index (χ1) is 10.5. The van der Waals surface area contributed by atoms with E-state index in [9.17, 15) is 8.42 Å². The van der Waals surface area contributed by atoms with Crippen LogP contribution in [0.1, 0.15) is 11.7 Å². The molecule has 0 aliphatic heterocycles. The summed E-state index contributed by atoms with van der Waals surface area (Å²) in [5.41, 5.74) is 2.16. The molecule has 0 aliphatic rings. The minimum Gasteiger partial charge on any atom is -0.446 e. The topological polar surface area (TPSA) is 72.2 Å². The molecule has 0 bridgehead atoms. The predicted molar refractivity (Wildman–Crippen MR) is 86.5 cm³/mol. The van der Waals surface area contributed by atoms with E-state index in [2.05, 4.69) is 9.71 Å². The number of nitrogens with one attached hydrogen (secondary N) is 1. The lowest BCUT2D eigenvalue weighted by Gasteiger charge is -2.06. The van der Waals surface area contributed by atoms with E-state index < -0.39 is 10.0 Å². The van der Waals surface area contributed by atoms with Gasteiger partial charge in [0.15, 0.2) is 5.89 Å². The van der Waals surface area contributed by atoms with E-state index in [-0.39, 0.29) is 0 Å². The van der Waals surface area contributed by atoms with E-state index in [1.807, 2.05) is 19.1 Å². The Morgan fingerprint density at radius 2 is 1.86 bits per heavy atom. The fraction of sp³-hybridized carbons (Fsp3) is 0.133. The lowest BCUT2D eigenvalue weighted by molar-refractivity contribution is 0.495. The molecule has 0 radical (unpaired) electrons. The van der Waals surface area contributed by atoms with Crippen molar-refractivity contribution in [2.24, 2.45) is 0 Å². The number of oxazole rings is 1. The number of benzene rings is 1. The van der Waals surface area contributed by atoms with Crippen molar-refractivity contribution in [1.29, 1.82) is 0 Å². The highest BCUT2D eigenvalue weighted by Gasteiger charge is 2.15. The van der Waals surface area contributed by atoms with Crippen LogP contribution in [0.2, 0.25) is 0 Å². The molecule has 0 amide bonds. The summed E-state index contributed by atoms with van der Waals surface area (Å²) in [6, 6.07) is 10.3. The monoisotopic (exact) mass is 334 g/mol. The van der Waals surface area contributed by atoms with Crippen LogP contribution in [0.25, 0.3) is 11.3 Å². The van der Waals surface area contributed by atoms with E-state index in [0.29, 0.717) is 15.8 Å². The van der Waals surface area contributed by atoms with Crippen LogP contribution in [0.5, 0.6) is 0 Å². The van der Waals surface area contributed by atoms with Gasteiger partial charge in [0.05, 0.1) is 0 Å². The molecule has 5 nitrogen and oxygen atoms in total. The molecule has 2 aromatic heterocycles. The van der Waals surface area contributed by atoms with Crippen LogP contribution in [-0.2, 0) is 10.0 Å². The molecule has 0 unspecified atom stereocenters. The van der Waals surface area contributed by atoms with E-state index >= 15 is 0 Å². The first-order valence-electron chi connectivity index (χ1n) is 6.56. The van der Waals surface area contributed by atoms with Crippen LogP contribution >= 0.6 is 11.3 Å². The maximum absolute atomic E-state index is 12.1. The smallest absolute Gasteiger partial charge is 0.271 e. The molecule has 1 N–H and O–H groups in total. The molecule has 3 aromatic rings. The second kappa shape index (κ2) is 5.58. The van der Waals surface area contributed by atoms with Crippen molar-refractivity contribution >= 4 is 27.0 Å². The first kappa shape index (κ1) is 14.8. The molecule has 2 heterocycles. The maximum Gasteiger partial charge on any atom is 0.271 e. The Hall–Kier alpha value is -2.12. The van der Waals surface area contributed by atoms with Crippen LogP contribution in [0.15, 0.2) is 50.4 Å². The molecule has 0 spiro atoms. The summed E-state index contributed by atoms with van der Waals surface area (Å²) >= 11 is 1.18. The first-order valence-corrected chi connectivity index (χ1v) is 8.93. The minimum atomic E-state index is -3.52. The average molecular weight is 334 g/mol. The van der Waals surface area contributed by atoms with Crippen molar-refractivity contribution in [3.63, 3.8) is 0 Å². The Labute approximate surface area is 132 Å². The van der Waals surface area contributed by atoms with Crippen molar-refractivity contribution in [2.75, 3.05) is 4.72 Å². The molecule has 114 valence electrons. The number of thiophene rings is 1. The highest BCUT2D eigenvalue weighted by Crippen LogP contribution is 2.26. The van der Waals surface area contributed by atoms with Gasteiger partial charge in [0.25, 0.3) is 10.0 Å². The summed E-state index contributed by atoms with van der Waals surface area (Å²) in [6.07, 6.45) is 0. The van der Waals surface area contributed by atoms with Crippen LogP contribution in [0, 0.1) is 13.8 Å². The highest BCUT2D eigenvalue weighted by molar-refractivity contribution is 7.94. The van der Waals surface area contributed by atoms with Crippen LogP contribution < -0.4 is 4.72 Å². The van der Waals surface area contributed by atoms with Gasteiger partial charge < -0.3 is 4.42 Å². The summed E-state index contributed by atoms with van der Waals surface area (Å²) in [5, 5.41) is 1.73. The molecule has 7 heteroatoms. The normalized spacial score (nSPS) is 11.5. The van der Waals surface area contributed by atoms with Gasteiger partial charge in [-0.05, 0) is 30.5 Å². The van der Waals surface area contributed by atoms with Gasteiger partial charge in [0.2, 0.25) is 0 Å². The molecule has 0 atom stereocenters. The summed E-state index contributed by atoms with van der Waals surface area (Å²) in [5.74, 6) is 1.35. The summed E-state index contributed by atoms with van der Waals surface area (Å²) < 4.78 is 32.6. The molecule has 0 aliphatic carbocycles. The highest BCUT2D eigenvalue weighted by atomic mass is 32.2. The number of rotatable bonds is 4. The molecule has 22 heavy (non-hydrogen) atoms. The fourth-order valence-corrected chi connectivity index (χ4v) is 4.17. The lowest BCUT2D eigenvalue weighted by Crippen LogP contribution is -2.11. The summed E-state index contributed by atoms with van der Waals surface area (Å²) in [4.78, 5) is 4.32. The van der Waals surface area contributed by atoms with Crippen molar-refractivity contribution in [1.82, 2.24) is 4.98 Å². The van der Waals surface area contributed by atoms with Gasteiger partial charge in [-0.2, -0.15) is 0 Å². The second-order valence-electron chi connectivity index (χ2n) is 4.75. The van der Waals surface area contributed by atoms with E-state index in [1.165, 1.54) is 11.3 Å². The van der Waals surface area contributed by atoms with Crippen molar-refractivity contribution in [3.05, 3.63) is 53.4 Å². The standard InChI is InChI=1S/C15H14N2O3S2/c1-10-15(16-11(2)20-10)12-5-7-13(8-6-12)17-22(18,19)14-4-3-9-21-14/h3-9,17H,1-2H3. The molecule has 1 aromatic carbocycles. The SMILES string of the molecule is Cc1nc(-c2ccc(NS(=O)(=O)c3cccs3)cc2)c(C)o1. The molecule has 0 saturated heterocycles. The van der Waals surface area contributed by atoms with Gasteiger partial charge in [-0.25, -0.2) is 13.4 Å². The zero-order valence-electron chi connectivity index (χ0n) is 12.0. The quantitative estimate of drug-likeness (QED) is 0.787. The van der Waals surface area contributed by atoms with Crippen LogP contribution in [0.4, 0.5) is 5.69 Å². The van der Waals surface area contributed by atoms with Gasteiger partial charge in [-0.1, -0.05) is 18.2 Å². The largest absolute Gasteiger partial charge is 0.446 e. The molecular formula is C15H14N2O3S2. The average Bonchev–Trinajstić information content (AvgIpc) is 3.09. The van der Waals surface area contributed by atoms with Gasteiger partial charge in [-0.15, -0.1) is 11.3 Å². The molecule has 0 fully saturated rings. The van der Waals surface area contributed by atoms with Gasteiger partial charge in [0.1, 0.15) is 15.7 Å². The van der Waals surface area contributed by atoms with Crippen molar-refractivity contribution in [3.8, 4) is 11.3 Å². The maximum atomic E-state index is 12.1. The molecular weight excluding hydrogens is 320 g/mol. The number of anilines is 1. The third-order valence-corrected chi connectivity index (χ3v) is 5.85. The number of hydrogen-bond donors (Lipinski definition) is 1. The Balaban J connectivity index is 1.85. The molecule has 3 rings (SSSR count). The zero-order valence-corrected chi connectivity index (χ0v) is 13.7. The van der Waals surface area contributed by atoms with E-state index in [1.54, 1.807) is 36.6 Å². The van der Waals surface area contributed by atoms with Crippen LogP contribution in [0.3, 0.4) is 0 Å². The zero-order chi connectivity index (χ0) is 15.7. The Morgan fingerprint density at radius 1 is 1.14 bits per heavy atom. The second-order valence-corrected chi connectivity index (χ2v) is 7.61. The van der Waals surface area contributed by atoms with Crippen molar-refractivity contribution in [2.45, 2.75) is 18.1 Å². The van der Waals surface area contributed by atoms with Gasteiger partial charge >= 0.3 is 0 Å². The van der Waals surface area contributed by atoms with Crippen LogP contribution in [-0.4, -0.2) is 13.4 Å². The number of aromatic nitrogens is 1. The number of aryl methyl sites for hydroxylation is 2. The Kier molecular flexibility index (Phi) is 3.76. The third kappa shape index (κ3) is 2.90. The number of hydrogen-bond acceptors (Lipinski definition) is 5.